The third-order valence-corrected chi connectivity index (χ3v) is 2.45. The Morgan fingerprint density at radius 3 is 2.50 bits per heavy atom. The molecule has 0 fully saturated rings. The molecule has 1 aromatic rings. The molecule has 20 heavy (non-hydrogen) atoms. The molecule has 1 amide bonds. The van der Waals surface area contributed by atoms with Crippen molar-refractivity contribution in [3.05, 3.63) is 11.8 Å². The van der Waals surface area contributed by atoms with Crippen LogP contribution in [0.1, 0.15) is 44.6 Å². The quantitative estimate of drug-likeness (QED) is 0.645. The van der Waals surface area contributed by atoms with Gasteiger partial charge < -0.3 is 25.3 Å². The summed E-state index contributed by atoms with van der Waals surface area (Å²) >= 11 is 0. The van der Waals surface area contributed by atoms with E-state index in [1.807, 2.05) is 13.8 Å². The van der Waals surface area contributed by atoms with Crippen LogP contribution in [0.5, 0.6) is 0 Å². The molecule has 112 valence electrons. The van der Waals surface area contributed by atoms with Crippen molar-refractivity contribution in [1.29, 1.82) is 0 Å². The highest BCUT2D eigenvalue weighted by atomic mass is 16.5. The second-order valence-corrected chi connectivity index (χ2v) is 4.56. The zero-order valence-corrected chi connectivity index (χ0v) is 11.5. The number of esters is 1. The molecule has 2 atom stereocenters. The summed E-state index contributed by atoms with van der Waals surface area (Å²) in [5.74, 6) is -0.341. The van der Waals surface area contributed by atoms with E-state index in [2.05, 4.69) is 15.5 Å². The molecule has 0 saturated heterocycles. The van der Waals surface area contributed by atoms with Crippen LogP contribution < -0.4 is 11.1 Å². The number of nitrogens with zero attached hydrogens (tertiary/aromatic N) is 2. The highest BCUT2D eigenvalue weighted by Gasteiger charge is 2.25. The largest absolute Gasteiger partial charge is 0.465 e. The molecule has 1 aromatic heterocycles. The van der Waals surface area contributed by atoms with Gasteiger partial charge in [-0.1, -0.05) is 13.8 Å². The molecule has 0 unspecified atom stereocenters. The SMILES string of the molecule is CC(=O)OC[C@H](N)c1nnc([C@@H](NC(=O)O)C(C)C)o1. The number of nitrogens with one attached hydrogen (secondary N) is 1. The molecular formula is C11H18N4O5. The van der Waals surface area contributed by atoms with Gasteiger partial charge in [-0.2, -0.15) is 0 Å². The lowest BCUT2D eigenvalue weighted by molar-refractivity contribution is -0.141. The molecule has 9 heteroatoms. The number of aromatic nitrogens is 2. The molecule has 0 aromatic carbocycles. The summed E-state index contributed by atoms with van der Waals surface area (Å²) in [6.45, 7) is 4.79. The smallest absolute Gasteiger partial charge is 0.405 e. The van der Waals surface area contributed by atoms with Crippen molar-refractivity contribution in [2.45, 2.75) is 32.9 Å². The van der Waals surface area contributed by atoms with Gasteiger partial charge in [-0.15, -0.1) is 10.2 Å². The Kier molecular flexibility index (Phi) is 5.44. The van der Waals surface area contributed by atoms with Crippen LogP contribution in [0.25, 0.3) is 0 Å². The Labute approximate surface area is 115 Å². The van der Waals surface area contributed by atoms with Crippen molar-refractivity contribution in [3.63, 3.8) is 0 Å². The predicted molar refractivity (Wildman–Crippen MR) is 66.6 cm³/mol. The molecule has 1 heterocycles. The number of carboxylic acid groups (broad SMARTS) is 1. The van der Waals surface area contributed by atoms with Crippen molar-refractivity contribution in [1.82, 2.24) is 15.5 Å². The van der Waals surface area contributed by atoms with Crippen LogP contribution in [0.4, 0.5) is 4.79 Å². The number of hydrogen-bond acceptors (Lipinski definition) is 7. The fourth-order valence-electron chi connectivity index (χ4n) is 1.45. The van der Waals surface area contributed by atoms with Gasteiger partial charge in [-0.25, -0.2) is 4.79 Å². The van der Waals surface area contributed by atoms with Gasteiger partial charge in [-0.05, 0) is 5.92 Å². The van der Waals surface area contributed by atoms with Crippen LogP contribution in [0.3, 0.4) is 0 Å². The van der Waals surface area contributed by atoms with E-state index < -0.39 is 24.1 Å². The normalized spacial score (nSPS) is 13.8. The van der Waals surface area contributed by atoms with E-state index in [4.69, 9.17) is 20.0 Å². The maximum atomic E-state index is 10.7. The van der Waals surface area contributed by atoms with Gasteiger partial charge in [-0.3, -0.25) is 4.79 Å². The van der Waals surface area contributed by atoms with Gasteiger partial charge in [0.1, 0.15) is 18.7 Å². The maximum absolute atomic E-state index is 10.7. The lowest BCUT2D eigenvalue weighted by Gasteiger charge is -2.16. The van der Waals surface area contributed by atoms with E-state index in [0.29, 0.717) is 0 Å². The summed E-state index contributed by atoms with van der Waals surface area (Å²) in [4.78, 5) is 21.4. The van der Waals surface area contributed by atoms with Crippen LogP contribution in [0, 0.1) is 5.92 Å². The molecule has 1 rings (SSSR count). The molecule has 0 radical (unpaired) electrons. The van der Waals surface area contributed by atoms with E-state index in [1.165, 1.54) is 6.92 Å². The first-order chi connectivity index (χ1) is 9.31. The van der Waals surface area contributed by atoms with Crippen molar-refractivity contribution in [2.75, 3.05) is 6.61 Å². The van der Waals surface area contributed by atoms with E-state index in [1.54, 1.807) is 0 Å². The zero-order chi connectivity index (χ0) is 15.3. The van der Waals surface area contributed by atoms with Gasteiger partial charge in [0.25, 0.3) is 0 Å². The van der Waals surface area contributed by atoms with Crippen molar-refractivity contribution < 1.29 is 23.8 Å². The predicted octanol–water partition coefficient (Wildman–Crippen LogP) is 0.597. The van der Waals surface area contributed by atoms with E-state index in [9.17, 15) is 9.59 Å². The monoisotopic (exact) mass is 286 g/mol. The summed E-state index contributed by atoms with van der Waals surface area (Å²) in [7, 11) is 0. The van der Waals surface area contributed by atoms with Gasteiger partial charge >= 0.3 is 12.1 Å². The van der Waals surface area contributed by atoms with Crippen molar-refractivity contribution in [3.8, 4) is 0 Å². The molecule has 0 bridgehead atoms. The standard InChI is InChI=1S/C11H18N4O5/c1-5(2)8(13-11(17)18)10-15-14-9(20-10)7(12)4-19-6(3)16/h5,7-8,13H,4,12H2,1-3H3,(H,17,18)/t7-,8-/m0/s1. The van der Waals surface area contributed by atoms with E-state index in [0.717, 1.165) is 0 Å². The number of ether oxygens (including phenoxy) is 1. The molecule has 0 aliphatic carbocycles. The first-order valence-electron chi connectivity index (χ1n) is 6.03. The summed E-state index contributed by atoms with van der Waals surface area (Å²) in [5, 5.41) is 18.6. The van der Waals surface area contributed by atoms with Gasteiger partial charge in [0.05, 0.1) is 0 Å². The number of amides is 1. The van der Waals surface area contributed by atoms with E-state index in [-0.39, 0.29) is 24.3 Å². The Morgan fingerprint density at radius 1 is 1.40 bits per heavy atom. The Balaban J connectivity index is 2.78. The summed E-state index contributed by atoms with van der Waals surface area (Å²) in [6.07, 6.45) is -1.19. The molecular weight excluding hydrogens is 268 g/mol. The minimum absolute atomic E-state index is 0.0795. The lowest BCUT2D eigenvalue weighted by Crippen LogP contribution is -2.30. The molecule has 0 aliphatic heterocycles. The first kappa shape index (κ1) is 15.9. The molecule has 0 saturated carbocycles. The Morgan fingerprint density at radius 2 is 2.00 bits per heavy atom. The van der Waals surface area contributed by atoms with Crippen LogP contribution in [0.2, 0.25) is 0 Å². The second kappa shape index (κ2) is 6.85. The van der Waals surface area contributed by atoms with Gasteiger partial charge in [0, 0.05) is 6.92 Å². The zero-order valence-electron chi connectivity index (χ0n) is 11.5. The number of carbonyl (C=O) groups excluding carboxylic acids is 1. The average Bonchev–Trinajstić information content (AvgIpc) is 2.81. The number of hydrogen-bond donors (Lipinski definition) is 3. The summed E-state index contributed by atoms with van der Waals surface area (Å²) in [5.41, 5.74) is 5.72. The molecule has 0 spiro atoms. The van der Waals surface area contributed by atoms with E-state index >= 15 is 0 Å². The second-order valence-electron chi connectivity index (χ2n) is 4.56. The van der Waals surface area contributed by atoms with Crippen molar-refractivity contribution >= 4 is 12.1 Å². The van der Waals surface area contributed by atoms with Crippen LogP contribution in [-0.2, 0) is 9.53 Å². The summed E-state index contributed by atoms with van der Waals surface area (Å²) < 4.78 is 10.1. The minimum atomic E-state index is -1.19. The first-order valence-corrected chi connectivity index (χ1v) is 6.03. The maximum Gasteiger partial charge on any atom is 0.405 e. The van der Waals surface area contributed by atoms with Crippen molar-refractivity contribution in [2.24, 2.45) is 11.7 Å². The fraction of sp³-hybridized carbons (Fsp3) is 0.636. The highest BCUT2D eigenvalue weighted by molar-refractivity contribution is 5.66. The number of nitrogens with two attached hydrogens (primary N) is 1. The number of rotatable bonds is 6. The lowest BCUT2D eigenvalue weighted by atomic mass is 10.1. The topological polar surface area (TPSA) is 141 Å². The number of carbonyl (C=O) groups is 2. The summed E-state index contributed by atoms with van der Waals surface area (Å²) in [6, 6.07) is -1.38. The average molecular weight is 286 g/mol. The van der Waals surface area contributed by atoms with Crippen LogP contribution in [0.15, 0.2) is 4.42 Å². The Hall–Kier alpha value is -2.16. The molecule has 9 nitrogen and oxygen atoms in total. The molecule has 4 N–H and O–H groups in total. The van der Waals surface area contributed by atoms with Crippen LogP contribution in [-0.4, -0.2) is 34.0 Å². The minimum Gasteiger partial charge on any atom is -0.465 e. The third-order valence-electron chi connectivity index (χ3n) is 2.45. The third kappa shape index (κ3) is 4.50. The fourth-order valence-corrected chi connectivity index (χ4v) is 1.45. The Bertz CT molecular complexity index is 473. The highest BCUT2D eigenvalue weighted by Crippen LogP contribution is 2.22. The van der Waals surface area contributed by atoms with Gasteiger partial charge in [0.15, 0.2) is 0 Å². The van der Waals surface area contributed by atoms with Crippen LogP contribution >= 0.6 is 0 Å². The molecule has 0 aliphatic rings. The van der Waals surface area contributed by atoms with Gasteiger partial charge in [0.2, 0.25) is 11.8 Å².